The lowest BCUT2D eigenvalue weighted by atomic mass is 10.1. The van der Waals surface area contributed by atoms with Crippen molar-refractivity contribution in [3.05, 3.63) is 0 Å². The van der Waals surface area contributed by atoms with E-state index in [9.17, 15) is 0 Å². The van der Waals surface area contributed by atoms with Gasteiger partial charge in [0, 0.05) is 13.1 Å². The lowest BCUT2D eigenvalue weighted by Gasteiger charge is -2.38. The smallest absolute Gasteiger partial charge is 0.365 e. The first-order valence-electron chi connectivity index (χ1n) is 6.32. The Kier molecular flexibility index (Phi) is 7.31. The number of hydrogen-bond donors (Lipinski definition) is 0. The first-order chi connectivity index (χ1) is 8.25. The zero-order valence-corrected chi connectivity index (χ0v) is 15.9. The molecule has 0 rings (SSSR count). The van der Waals surface area contributed by atoms with E-state index >= 15 is 0 Å². The molecule has 19 heavy (non-hydrogen) atoms. The fraction of sp³-hybridized carbons (Fsp3) is 1.00. The molecule has 0 radical (unpaired) electrons. The highest BCUT2D eigenvalue weighted by Crippen LogP contribution is 2.30. The fourth-order valence-corrected chi connectivity index (χ4v) is 6.22. The van der Waals surface area contributed by atoms with Crippen LogP contribution in [0.2, 0.25) is 0 Å². The fourth-order valence-electron chi connectivity index (χ4n) is 2.25. The molecule has 0 aromatic rings. The third-order valence-corrected chi connectivity index (χ3v) is 4.69. The van der Waals surface area contributed by atoms with Gasteiger partial charge in [-0.2, -0.15) is 0 Å². The maximum Gasteiger partial charge on any atom is 0.552 e. The normalized spacial score (nSPS) is 14.5. The van der Waals surface area contributed by atoms with Crippen molar-refractivity contribution >= 4 is 29.3 Å². The Morgan fingerprint density at radius 1 is 0.789 bits per heavy atom. The van der Waals surface area contributed by atoms with Crippen LogP contribution in [0.3, 0.4) is 0 Å². The van der Waals surface area contributed by atoms with Gasteiger partial charge in [-0.3, -0.25) is 0 Å². The molecule has 0 atom stereocenters. The molecule has 0 saturated heterocycles. The van der Waals surface area contributed by atoms with E-state index in [1.54, 1.807) is 0 Å². The van der Waals surface area contributed by atoms with Crippen LogP contribution in [0, 0.1) is 0 Å². The van der Waals surface area contributed by atoms with E-state index in [2.05, 4.69) is 0 Å². The molecular formula is C12H28Cl2N2O2Si. The summed E-state index contributed by atoms with van der Waals surface area (Å²) >= 11 is 12.6. The van der Waals surface area contributed by atoms with Crippen molar-refractivity contribution in [1.29, 1.82) is 0 Å². The standard InChI is InChI=1S/C12H28Cl2N2O2Si/c1-11(2,9-15(5)6)17-19(13,14)18-12(3,4)10-16(7)8/h9-10H2,1-8H3. The van der Waals surface area contributed by atoms with Crippen molar-refractivity contribution in [2.45, 2.75) is 38.9 Å². The summed E-state index contributed by atoms with van der Waals surface area (Å²) in [4.78, 5) is 4.06. The van der Waals surface area contributed by atoms with Crippen LogP contribution >= 0.6 is 22.2 Å². The first-order valence-corrected chi connectivity index (χ1v) is 10.2. The van der Waals surface area contributed by atoms with Gasteiger partial charge in [-0.15, -0.1) is 0 Å². The Morgan fingerprint density at radius 3 is 1.26 bits per heavy atom. The van der Waals surface area contributed by atoms with E-state index in [1.807, 2.05) is 65.7 Å². The average molecular weight is 331 g/mol. The molecule has 0 aromatic heterocycles. The SMILES string of the molecule is CN(C)CC(C)(C)O[Si](Cl)(Cl)OC(C)(C)CN(C)C. The van der Waals surface area contributed by atoms with Gasteiger partial charge in [0.05, 0.1) is 11.2 Å². The van der Waals surface area contributed by atoms with E-state index in [-0.39, 0.29) is 0 Å². The molecule has 0 saturated carbocycles. The number of rotatable bonds is 8. The van der Waals surface area contributed by atoms with Gasteiger partial charge in [0.2, 0.25) is 0 Å². The first kappa shape index (κ1) is 19.6. The van der Waals surface area contributed by atoms with Crippen LogP contribution in [0.1, 0.15) is 27.7 Å². The third-order valence-electron chi connectivity index (χ3n) is 2.18. The van der Waals surface area contributed by atoms with Crippen LogP contribution in [-0.4, -0.2) is 69.5 Å². The highest BCUT2D eigenvalue weighted by molar-refractivity contribution is 7.39. The highest BCUT2D eigenvalue weighted by atomic mass is 35.7. The third kappa shape index (κ3) is 10.1. The van der Waals surface area contributed by atoms with Crippen LogP contribution in [0.5, 0.6) is 0 Å². The molecule has 0 unspecified atom stereocenters. The Balaban J connectivity index is 4.62. The van der Waals surface area contributed by atoms with Crippen LogP contribution in [0.25, 0.3) is 0 Å². The minimum atomic E-state index is -3.22. The van der Waals surface area contributed by atoms with Crippen molar-refractivity contribution < 1.29 is 8.85 Å². The molecule has 0 spiro atoms. The summed E-state index contributed by atoms with van der Waals surface area (Å²) in [5, 5.41) is 0. The predicted molar refractivity (Wildman–Crippen MR) is 84.9 cm³/mol. The number of likely N-dealkylation sites (N-methyl/N-ethyl adjacent to an activating group) is 2. The van der Waals surface area contributed by atoms with Gasteiger partial charge in [-0.1, -0.05) is 22.2 Å². The Hall–Kier alpha value is 0.637. The van der Waals surface area contributed by atoms with E-state index in [1.165, 1.54) is 0 Å². The topological polar surface area (TPSA) is 24.9 Å². The Bertz CT molecular complexity index is 259. The van der Waals surface area contributed by atoms with Gasteiger partial charge in [0.25, 0.3) is 0 Å². The lowest BCUT2D eigenvalue weighted by Crippen LogP contribution is -2.51. The van der Waals surface area contributed by atoms with E-state index in [4.69, 9.17) is 31.0 Å². The molecular weight excluding hydrogens is 303 g/mol. The average Bonchev–Trinajstić information content (AvgIpc) is 1.89. The highest BCUT2D eigenvalue weighted by Gasteiger charge is 2.45. The molecule has 4 nitrogen and oxygen atoms in total. The molecule has 0 bridgehead atoms. The largest absolute Gasteiger partial charge is 0.552 e. The van der Waals surface area contributed by atoms with Gasteiger partial charge in [-0.25, -0.2) is 0 Å². The van der Waals surface area contributed by atoms with E-state index < -0.39 is 18.4 Å². The summed E-state index contributed by atoms with van der Waals surface area (Å²) in [6.07, 6.45) is 0. The number of hydrogen-bond acceptors (Lipinski definition) is 4. The summed E-state index contributed by atoms with van der Waals surface area (Å²) in [6.45, 7) is 9.28. The van der Waals surface area contributed by atoms with Crippen molar-refractivity contribution in [1.82, 2.24) is 9.80 Å². The minimum Gasteiger partial charge on any atom is -0.365 e. The van der Waals surface area contributed by atoms with Crippen molar-refractivity contribution in [3.8, 4) is 0 Å². The molecule has 0 aromatic carbocycles. The Labute approximate surface area is 128 Å². The predicted octanol–water partition coefficient (Wildman–Crippen LogP) is 2.61. The van der Waals surface area contributed by atoms with E-state index in [0.717, 1.165) is 13.1 Å². The molecule has 0 aliphatic carbocycles. The van der Waals surface area contributed by atoms with Crippen LogP contribution < -0.4 is 0 Å². The van der Waals surface area contributed by atoms with Gasteiger partial charge in [-0.05, 0) is 55.9 Å². The minimum absolute atomic E-state index is 0.451. The summed E-state index contributed by atoms with van der Waals surface area (Å²) < 4.78 is 11.7. The summed E-state index contributed by atoms with van der Waals surface area (Å²) in [5.74, 6) is 0. The summed E-state index contributed by atoms with van der Waals surface area (Å²) in [7, 11) is 4.70. The molecule has 0 heterocycles. The maximum absolute atomic E-state index is 6.30. The zero-order chi connectivity index (χ0) is 15.5. The van der Waals surface area contributed by atoms with Crippen molar-refractivity contribution in [2.24, 2.45) is 0 Å². The quantitative estimate of drug-likeness (QED) is 0.504. The maximum atomic E-state index is 6.30. The number of halogens is 2. The molecule has 0 amide bonds. The zero-order valence-electron chi connectivity index (χ0n) is 13.4. The van der Waals surface area contributed by atoms with Gasteiger partial charge in [0.15, 0.2) is 0 Å². The van der Waals surface area contributed by atoms with Gasteiger partial charge >= 0.3 is 7.18 Å². The van der Waals surface area contributed by atoms with E-state index in [0.29, 0.717) is 0 Å². The lowest BCUT2D eigenvalue weighted by molar-refractivity contribution is 0.000724. The van der Waals surface area contributed by atoms with Crippen LogP contribution in [0.4, 0.5) is 0 Å². The molecule has 0 aliphatic heterocycles. The summed E-state index contributed by atoms with van der Waals surface area (Å²) in [5.41, 5.74) is -0.902. The second-order valence-corrected chi connectivity index (χ2v) is 11.6. The second kappa shape index (κ2) is 7.07. The molecule has 0 aliphatic rings. The summed E-state index contributed by atoms with van der Waals surface area (Å²) in [6, 6.07) is 0. The van der Waals surface area contributed by atoms with Gasteiger partial charge in [0.1, 0.15) is 0 Å². The monoisotopic (exact) mass is 330 g/mol. The molecule has 0 fully saturated rings. The van der Waals surface area contributed by atoms with Crippen LogP contribution in [-0.2, 0) is 8.85 Å². The Morgan fingerprint density at radius 2 is 1.05 bits per heavy atom. The molecule has 7 heteroatoms. The van der Waals surface area contributed by atoms with Crippen LogP contribution in [0.15, 0.2) is 0 Å². The van der Waals surface area contributed by atoms with Gasteiger partial charge < -0.3 is 18.7 Å². The van der Waals surface area contributed by atoms with Crippen molar-refractivity contribution in [2.75, 3.05) is 41.3 Å². The molecule has 0 N–H and O–H groups in total. The number of nitrogens with zero attached hydrogens (tertiary/aromatic N) is 2. The van der Waals surface area contributed by atoms with Crippen molar-refractivity contribution in [3.63, 3.8) is 0 Å². The second-order valence-electron chi connectivity index (χ2n) is 6.66. The molecule has 116 valence electrons.